The number of urea groups is 1. The smallest absolute Gasteiger partial charge is 0.371 e. The summed E-state index contributed by atoms with van der Waals surface area (Å²) in [5.74, 6) is -2.05. The van der Waals surface area contributed by atoms with E-state index >= 15 is 0 Å². The van der Waals surface area contributed by atoms with E-state index in [1.807, 2.05) is 66.7 Å². The number of nitrogens with one attached hydrogen (secondary N) is 1. The van der Waals surface area contributed by atoms with E-state index in [1.165, 1.54) is 16.0 Å². The molecule has 12 nitrogen and oxygen atoms in total. The molecule has 0 spiro atoms. The van der Waals surface area contributed by atoms with Crippen molar-refractivity contribution >= 4 is 32.2 Å². The fourth-order valence-electron chi connectivity index (χ4n) is 6.21. The van der Waals surface area contributed by atoms with E-state index in [0.717, 1.165) is 57.9 Å². The highest BCUT2D eigenvalue weighted by molar-refractivity contribution is 7.33. The SMILES string of the molecule is CC(=O)OC(OC(C)=O)O[PH](=O)OCC(Cc1ccccc1)NC(=O)N1CCCC[C@H]1C(=O)OC(CCCc1ccccc1)CCCc1ccccc1. The molecule has 4 rings (SSSR count). The first-order chi connectivity index (χ1) is 25.7. The van der Waals surface area contributed by atoms with Crippen LogP contribution >= 0.6 is 8.25 Å². The third kappa shape index (κ3) is 15.6. The zero-order valence-corrected chi connectivity index (χ0v) is 31.5. The number of amides is 2. The zero-order chi connectivity index (χ0) is 37.8. The number of hydrogen-bond acceptors (Lipinski definition) is 10. The quantitative estimate of drug-likeness (QED) is 0.0731. The molecule has 1 N–H and O–H groups in total. The van der Waals surface area contributed by atoms with Crippen molar-refractivity contribution in [1.82, 2.24) is 10.2 Å². The third-order valence-corrected chi connectivity index (χ3v) is 9.55. The van der Waals surface area contributed by atoms with Crippen LogP contribution in [0.5, 0.6) is 0 Å². The van der Waals surface area contributed by atoms with Crippen LogP contribution in [-0.2, 0) is 61.5 Å². The Bertz CT molecular complexity index is 1530. The van der Waals surface area contributed by atoms with E-state index < -0.39 is 50.8 Å². The van der Waals surface area contributed by atoms with Gasteiger partial charge >= 0.3 is 38.7 Å². The van der Waals surface area contributed by atoms with Gasteiger partial charge in [0.1, 0.15) is 12.1 Å². The second kappa shape index (κ2) is 22.5. The van der Waals surface area contributed by atoms with Gasteiger partial charge in [-0.25, -0.2) is 14.1 Å². The molecule has 3 aromatic rings. The van der Waals surface area contributed by atoms with Crippen LogP contribution < -0.4 is 5.32 Å². The van der Waals surface area contributed by atoms with Crippen molar-refractivity contribution < 1.29 is 47.0 Å². The van der Waals surface area contributed by atoms with Gasteiger partial charge < -0.3 is 29.0 Å². The highest BCUT2D eigenvalue weighted by Crippen LogP contribution is 2.28. The Labute approximate surface area is 312 Å². The second-order valence-corrected chi connectivity index (χ2v) is 14.1. The Balaban J connectivity index is 1.40. The molecule has 53 heavy (non-hydrogen) atoms. The van der Waals surface area contributed by atoms with Crippen molar-refractivity contribution in [2.24, 2.45) is 0 Å². The summed E-state index contributed by atoms with van der Waals surface area (Å²) in [5.41, 5.74) is 3.34. The molecule has 0 bridgehead atoms. The molecule has 13 heteroatoms. The first-order valence-electron chi connectivity index (χ1n) is 18.2. The largest absolute Gasteiger partial charge is 0.461 e. The number of hydrogen-bond donors (Lipinski definition) is 1. The van der Waals surface area contributed by atoms with Gasteiger partial charge in [-0.2, -0.15) is 0 Å². The van der Waals surface area contributed by atoms with Crippen LogP contribution in [0.1, 0.15) is 75.5 Å². The summed E-state index contributed by atoms with van der Waals surface area (Å²) in [6, 6.07) is 27.9. The van der Waals surface area contributed by atoms with E-state index in [1.54, 1.807) is 0 Å². The normalized spacial score (nSPS) is 15.4. The fraction of sp³-hybridized carbons (Fsp3) is 0.450. The van der Waals surface area contributed by atoms with Gasteiger partial charge in [-0.1, -0.05) is 91.0 Å². The molecular formula is C40H51N2O10P. The van der Waals surface area contributed by atoms with Crippen LogP contribution in [0.15, 0.2) is 91.0 Å². The van der Waals surface area contributed by atoms with Gasteiger partial charge in [0.2, 0.25) is 0 Å². The maximum Gasteiger partial charge on any atom is 0.371 e. The number of carbonyl (C=O) groups is 4. The van der Waals surface area contributed by atoms with Crippen LogP contribution in [0.2, 0.25) is 0 Å². The monoisotopic (exact) mass is 750 g/mol. The van der Waals surface area contributed by atoms with Gasteiger partial charge in [0, 0.05) is 20.4 Å². The molecule has 0 radical (unpaired) electrons. The average molecular weight is 751 g/mol. The molecule has 0 saturated carbocycles. The summed E-state index contributed by atoms with van der Waals surface area (Å²) in [6.07, 6.45) is 6.89. The van der Waals surface area contributed by atoms with Crippen LogP contribution in [0.25, 0.3) is 0 Å². The molecule has 1 saturated heterocycles. The molecule has 1 heterocycles. The molecule has 0 aliphatic carbocycles. The summed E-state index contributed by atoms with van der Waals surface area (Å²) in [7, 11) is -3.36. The van der Waals surface area contributed by atoms with Gasteiger partial charge in [-0.3, -0.25) is 14.2 Å². The predicted octanol–water partition coefficient (Wildman–Crippen LogP) is 6.95. The Morgan fingerprint density at radius 1 is 0.755 bits per heavy atom. The standard InChI is InChI=1S/C40H51N2O10P/c1-30(43)49-40(50-31(2)44)52-53(47)48-29-35(28-34-20-10-5-11-21-34)41-39(46)42-27-13-12-26-37(42)38(45)51-36(24-14-22-32-16-6-3-7-17-32)25-15-23-33-18-8-4-9-19-33/h3-11,16-21,35-37,40,53H,12-15,22-29H2,1-2H3,(H,41,46)/t35?,37-/m0/s1. The first-order valence-corrected chi connectivity index (χ1v) is 19.5. The summed E-state index contributed by atoms with van der Waals surface area (Å²) in [5, 5.41) is 2.96. The van der Waals surface area contributed by atoms with E-state index in [0.29, 0.717) is 32.2 Å². The first kappa shape index (κ1) is 41.2. The molecule has 0 aromatic heterocycles. The number of ether oxygens (including phenoxy) is 3. The van der Waals surface area contributed by atoms with Crippen molar-refractivity contribution in [3.63, 3.8) is 0 Å². The topological polar surface area (TPSA) is 147 Å². The highest BCUT2D eigenvalue weighted by Gasteiger charge is 2.35. The number of piperidine rings is 1. The Morgan fingerprint density at radius 3 is 1.81 bits per heavy atom. The summed E-state index contributed by atoms with van der Waals surface area (Å²) < 4.78 is 38.9. The van der Waals surface area contributed by atoms with E-state index in [-0.39, 0.29) is 12.7 Å². The van der Waals surface area contributed by atoms with Gasteiger partial charge in [-0.15, -0.1) is 0 Å². The second-order valence-electron chi connectivity index (χ2n) is 13.0. The Morgan fingerprint density at radius 2 is 1.28 bits per heavy atom. The number of carbonyl (C=O) groups excluding carboxylic acids is 4. The zero-order valence-electron chi connectivity index (χ0n) is 30.5. The average Bonchev–Trinajstić information content (AvgIpc) is 3.14. The van der Waals surface area contributed by atoms with E-state index in [4.69, 9.17) is 23.3 Å². The minimum Gasteiger partial charge on any atom is -0.461 e. The maximum atomic E-state index is 13.9. The van der Waals surface area contributed by atoms with Crippen LogP contribution in [0.4, 0.5) is 4.79 Å². The van der Waals surface area contributed by atoms with Crippen LogP contribution in [-0.4, -0.2) is 66.7 Å². The molecule has 286 valence electrons. The molecule has 3 atom stereocenters. The van der Waals surface area contributed by atoms with E-state index in [9.17, 15) is 23.7 Å². The number of likely N-dealkylation sites (tertiary alicyclic amines) is 1. The number of esters is 3. The number of aryl methyl sites for hydroxylation is 2. The summed E-state index contributed by atoms with van der Waals surface area (Å²) in [4.78, 5) is 52.0. The number of nitrogens with zero attached hydrogens (tertiary/aromatic N) is 1. The Kier molecular flexibility index (Phi) is 17.5. The van der Waals surface area contributed by atoms with Crippen molar-refractivity contribution in [2.75, 3.05) is 13.2 Å². The molecule has 1 fully saturated rings. The Hall–Kier alpha value is -4.51. The van der Waals surface area contributed by atoms with Gasteiger partial charge in [-0.05, 0) is 80.9 Å². The van der Waals surface area contributed by atoms with E-state index in [2.05, 4.69) is 29.6 Å². The summed E-state index contributed by atoms with van der Waals surface area (Å²) in [6.45, 7) is 0.415. The fourth-order valence-corrected chi connectivity index (χ4v) is 6.87. The minimum atomic E-state index is -3.36. The van der Waals surface area contributed by atoms with Crippen molar-refractivity contribution in [3.8, 4) is 0 Å². The highest BCUT2D eigenvalue weighted by atomic mass is 31.1. The number of benzene rings is 3. The van der Waals surface area contributed by atoms with Gasteiger partial charge in [0.15, 0.2) is 0 Å². The lowest BCUT2D eigenvalue weighted by atomic mass is 10.00. The minimum absolute atomic E-state index is 0.251. The van der Waals surface area contributed by atoms with Crippen molar-refractivity contribution in [1.29, 1.82) is 0 Å². The summed E-state index contributed by atoms with van der Waals surface area (Å²) >= 11 is 0. The lowest BCUT2D eigenvalue weighted by molar-refractivity contribution is -0.233. The van der Waals surface area contributed by atoms with Crippen molar-refractivity contribution in [2.45, 2.75) is 103 Å². The lowest BCUT2D eigenvalue weighted by Gasteiger charge is -2.36. The third-order valence-electron chi connectivity index (χ3n) is 8.76. The molecular weight excluding hydrogens is 699 g/mol. The molecule has 2 amide bonds. The van der Waals surface area contributed by atoms with Gasteiger partial charge in [0.05, 0.1) is 12.6 Å². The molecule has 3 aromatic carbocycles. The molecule has 1 aliphatic heterocycles. The van der Waals surface area contributed by atoms with Crippen molar-refractivity contribution in [3.05, 3.63) is 108 Å². The van der Waals surface area contributed by atoms with Crippen LogP contribution in [0, 0.1) is 0 Å². The predicted molar refractivity (Wildman–Crippen MR) is 199 cm³/mol. The molecule has 1 aliphatic rings. The molecule has 2 unspecified atom stereocenters. The number of rotatable bonds is 20. The lowest BCUT2D eigenvalue weighted by Crippen LogP contribution is -2.55. The van der Waals surface area contributed by atoms with Crippen LogP contribution in [0.3, 0.4) is 0 Å². The van der Waals surface area contributed by atoms with Gasteiger partial charge in [0.25, 0.3) is 0 Å². The maximum absolute atomic E-state index is 13.9.